The van der Waals surface area contributed by atoms with Gasteiger partial charge in [-0.1, -0.05) is 24.5 Å². The molecule has 0 aliphatic heterocycles. The van der Waals surface area contributed by atoms with Gasteiger partial charge in [0.2, 0.25) is 5.91 Å². The van der Waals surface area contributed by atoms with Crippen molar-refractivity contribution in [2.75, 3.05) is 13.1 Å². The normalized spacial score (nSPS) is 18.6. The van der Waals surface area contributed by atoms with E-state index >= 15 is 0 Å². The molecule has 0 heterocycles. The first-order valence-corrected chi connectivity index (χ1v) is 8.73. The Morgan fingerprint density at radius 3 is 2.55 bits per heavy atom. The van der Waals surface area contributed by atoms with Crippen LogP contribution in [0.25, 0.3) is 0 Å². The number of carbonyl (C=O) groups is 2. The molecule has 0 bridgehead atoms. The second-order valence-electron chi connectivity index (χ2n) is 6.34. The molecule has 0 aromatic carbocycles. The lowest BCUT2D eigenvalue weighted by molar-refractivity contribution is -0.121. The topological polar surface area (TPSA) is 70.2 Å². The quantitative estimate of drug-likeness (QED) is 0.633. The smallest absolute Gasteiger partial charge is 0.314 e. The number of urea groups is 1. The standard InChI is InChI=1S/C17H29N3O2/c21-16(20-15-8-4-5-9-15)11-13-19-17(22)18-12-10-14-6-2-1-3-7-14/h6,15H,1-5,7-13H2,(H,20,21)(H2,18,19,22). The molecule has 22 heavy (non-hydrogen) atoms. The highest BCUT2D eigenvalue weighted by Crippen LogP contribution is 2.19. The molecular formula is C17H29N3O2. The third-order valence-corrected chi connectivity index (χ3v) is 4.47. The Labute approximate surface area is 133 Å². The maximum Gasteiger partial charge on any atom is 0.314 e. The minimum atomic E-state index is -0.176. The van der Waals surface area contributed by atoms with Crippen molar-refractivity contribution < 1.29 is 9.59 Å². The summed E-state index contributed by atoms with van der Waals surface area (Å²) in [5.41, 5.74) is 1.46. The van der Waals surface area contributed by atoms with E-state index in [9.17, 15) is 9.59 Å². The van der Waals surface area contributed by atoms with E-state index in [2.05, 4.69) is 22.0 Å². The van der Waals surface area contributed by atoms with Crippen LogP contribution in [0.5, 0.6) is 0 Å². The third-order valence-electron chi connectivity index (χ3n) is 4.47. The first-order chi connectivity index (χ1) is 10.7. The highest BCUT2D eigenvalue weighted by Gasteiger charge is 2.16. The fourth-order valence-electron chi connectivity index (χ4n) is 3.19. The molecular weight excluding hydrogens is 278 g/mol. The van der Waals surface area contributed by atoms with Gasteiger partial charge in [-0.15, -0.1) is 0 Å². The molecule has 5 heteroatoms. The van der Waals surface area contributed by atoms with Crippen LogP contribution in [-0.2, 0) is 4.79 Å². The molecule has 5 nitrogen and oxygen atoms in total. The highest BCUT2D eigenvalue weighted by molar-refractivity contribution is 5.78. The predicted molar refractivity (Wildman–Crippen MR) is 87.6 cm³/mol. The lowest BCUT2D eigenvalue weighted by Gasteiger charge is -2.14. The van der Waals surface area contributed by atoms with Gasteiger partial charge < -0.3 is 16.0 Å². The zero-order chi connectivity index (χ0) is 15.6. The molecule has 3 N–H and O–H groups in total. The van der Waals surface area contributed by atoms with Crippen LogP contribution in [0.1, 0.15) is 64.2 Å². The zero-order valence-electron chi connectivity index (χ0n) is 13.5. The van der Waals surface area contributed by atoms with Gasteiger partial charge in [-0.2, -0.15) is 0 Å². The average Bonchev–Trinajstić information content (AvgIpc) is 3.01. The summed E-state index contributed by atoms with van der Waals surface area (Å²) in [6.07, 6.45) is 13.1. The average molecular weight is 307 g/mol. The Morgan fingerprint density at radius 2 is 1.82 bits per heavy atom. The second kappa shape index (κ2) is 9.49. The minimum absolute atomic E-state index is 0.0413. The number of amides is 3. The van der Waals surface area contributed by atoms with Gasteiger partial charge in [0.15, 0.2) is 0 Å². The summed E-state index contributed by atoms with van der Waals surface area (Å²) in [6.45, 7) is 1.07. The number of allylic oxidation sites excluding steroid dienone is 1. The molecule has 0 saturated heterocycles. The van der Waals surface area contributed by atoms with E-state index in [-0.39, 0.29) is 11.9 Å². The van der Waals surface area contributed by atoms with Gasteiger partial charge in [-0.05, 0) is 44.9 Å². The molecule has 0 aromatic heterocycles. The maximum atomic E-state index is 11.7. The van der Waals surface area contributed by atoms with E-state index < -0.39 is 0 Å². The van der Waals surface area contributed by atoms with Crippen LogP contribution < -0.4 is 16.0 Å². The molecule has 3 amide bonds. The largest absolute Gasteiger partial charge is 0.353 e. The van der Waals surface area contributed by atoms with E-state index in [1.165, 1.54) is 44.1 Å². The van der Waals surface area contributed by atoms with Crippen LogP contribution >= 0.6 is 0 Å². The maximum absolute atomic E-state index is 11.7. The van der Waals surface area contributed by atoms with Gasteiger partial charge in [-0.25, -0.2) is 4.79 Å². The lowest BCUT2D eigenvalue weighted by Crippen LogP contribution is -2.39. The molecule has 124 valence electrons. The van der Waals surface area contributed by atoms with Crippen molar-refractivity contribution in [3.8, 4) is 0 Å². The van der Waals surface area contributed by atoms with Crippen molar-refractivity contribution in [1.82, 2.24) is 16.0 Å². The van der Waals surface area contributed by atoms with Crippen molar-refractivity contribution in [1.29, 1.82) is 0 Å². The van der Waals surface area contributed by atoms with Gasteiger partial charge in [0.25, 0.3) is 0 Å². The van der Waals surface area contributed by atoms with Crippen LogP contribution in [0.4, 0.5) is 4.79 Å². The van der Waals surface area contributed by atoms with Crippen molar-refractivity contribution in [3.05, 3.63) is 11.6 Å². The monoisotopic (exact) mass is 307 g/mol. The minimum Gasteiger partial charge on any atom is -0.353 e. The number of rotatable bonds is 7. The molecule has 0 radical (unpaired) electrons. The summed E-state index contributed by atoms with van der Waals surface area (Å²) in [6, 6.07) is 0.176. The van der Waals surface area contributed by atoms with Gasteiger partial charge in [0.05, 0.1) is 0 Å². The Morgan fingerprint density at radius 1 is 1.05 bits per heavy atom. The summed E-state index contributed by atoms with van der Waals surface area (Å²) in [5, 5.41) is 8.62. The van der Waals surface area contributed by atoms with E-state index in [4.69, 9.17) is 0 Å². The SMILES string of the molecule is O=C(CCNC(=O)NCCC1=CCCCC1)NC1CCCC1. The molecule has 0 unspecified atom stereocenters. The summed E-state index contributed by atoms with van der Waals surface area (Å²) in [4.78, 5) is 23.3. The fraction of sp³-hybridized carbons (Fsp3) is 0.765. The van der Waals surface area contributed by atoms with Crippen LogP contribution in [0.15, 0.2) is 11.6 Å². The van der Waals surface area contributed by atoms with Crippen LogP contribution in [0.3, 0.4) is 0 Å². The molecule has 0 spiro atoms. The van der Waals surface area contributed by atoms with E-state index in [1.807, 2.05) is 0 Å². The summed E-state index contributed by atoms with van der Waals surface area (Å²) < 4.78 is 0. The van der Waals surface area contributed by atoms with Crippen molar-refractivity contribution in [2.24, 2.45) is 0 Å². The van der Waals surface area contributed by atoms with Gasteiger partial charge in [0, 0.05) is 25.6 Å². The second-order valence-corrected chi connectivity index (χ2v) is 6.34. The number of hydrogen-bond acceptors (Lipinski definition) is 2. The van der Waals surface area contributed by atoms with Gasteiger partial charge >= 0.3 is 6.03 Å². The Kier molecular flexibility index (Phi) is 7.26. The number of carbonyl (C=O) groups excluding carboxylic acids is 2. The van der Waals surface area contributed by atoms with Crippen LogP contribution in [0, 0.1) is 0 Å². The molecule has 2 rings (SSSR count). The first-order valence-electron chi connectivity index (χ1n) is 8.73. The molecule has 1 fully saturated rings. The predicted octanol–water partition coefficient (Wildman–Crippen LogP) is 2.62. The number of nitrogens with one attached hydrogen (secondary N) is 3. The van der Waals surface area contributed by atoms with Gasteiger partial charge in [0.1, 0.15) is 0 Å². The van der Waals surface area contributed by atoms with Crippen LogP contribution in [0.2, 0.25) is 0 Å². The zero-order valence-corrected chi connectivity index (χ0v) is 13.5. The van der Waals surface area contributed by atoms with Crippen LogP contribution in [-0.4, -0.2) is 31.1 Å². The first kappa shape index (κ1) is 16.8. The molecule has 0 aromatic rings. The molecule has 2 aliphatic rings. The fourth-order valence-corrected chi connectivity index (χ4v) is 3.19. The summed E-state index contributed by atoms with van der Waals surface area (Å²) in [7, 11) is 0. The van der Waals surface area contributed by atoms with Crippen molar-refractivity contribution in [3.63, 3.8) is 0 Å². The Bertz CT molecular complexity index is 401. The van der Waals surface area contributed by atoms with Gasteiger partial charge in [-0.3, -0.25) is 4.79 Å². The molecule has 1 saturated carbocycles. The third kappa shape index (κ3) is 6.50. The Balaban J connectivity index is 1.48. The van der Waals surface area contributed by atoms with E-state index in [0.29, 0.717) is 25.6 Å². The molecule has 0 atom stereocenters. The number of hydrogen-bond donors (Lipinski definition) is 3. The summed E-state index contributed by atoms with van der Waals surface area (Å²) >= 11 is 0. The molecule has 2 aliphatic carbocycles. The van der Waals surface area contributed by atoms with Crippen molar-refractivity contribution in [2.45, 2.75) is 70.3 Å². The highest BCUT2D eigenvalue weighted by atomic mass is 16.2. The van der Waals surface area contributed by atoms with Crippen molar-refractivity contribution >= 4 is 11.9 Å². The van der Waals surface area contributed by atoms with E-state index in [0.717, 1.165) is 19.3 Å². The van der Waals surface area contributed by atoms with E-state index in [1.54, 1.807) is 0 Å². The lowest BCUT2D eigenvalue weighted by atomic mass is 9.97. The summed E-state index contributed by atoms with van der Waals surface area (Å²) in [5.74, 6) is 0.0413. The Hall–Kier alpha value is -1.52.